The van der Waals surface area contributed by atoms with E-state index in [2.05, 4.69) is 58.1 Å². The summed E-state index contributed by atoms with van der Waals surface area (Å²) in [5.41, 5.74) is 1.09. The first-order chi connectivity index (χ1) is 9.94. The Morgan fingerprint density at radius 3 is 2.71 bits per heavy atom. The van der Waals surface area contributed by atoms with Crippen LogP contribution in [0.25, 0.3) is 15.5 Å². The summed E-state index contributed by atoms with van der Waals surface area (Å²) in [6.45, 7) is 6.59. The third-order valence-corrected chi connectivity index (χ3v) is 5.69. The summed E-state index contributed by atoms with van der Waals surface area (Å²) in [6, 6.07) is 8.09. The molecule has 0 bridgehead atoms. The molecule has 3 rings (SSSR count). The molecule has 1 aromatic carbocycles. The number of thioether (sulfide) groups is 1. The molecule has 0 unspecified atom stereocenters. The van der Waals surface area contributed by atoms with Gasteiger partial charge in [-0.2, -0.15) is 9.61 Å². The lowest BCUT2D eigenvalue weighted by atomic mass is 10.2. The molecule has 0 fully saturated rings. The molecule has 0 aliphatic carbocycles. The zero-order chi connectivity index (χ0) is 15.0. The van der Waals surface area contributed by atoms with Crippen molar-refractivity contribution in [2.24, 2.45) is 0 Å². The van der Waals surface area contributed by atoms with E-state index in [0.717, 1.165) is 31.6 Å². The molecule has 0 spiro atoms. The molecule has 0 radical (unpaired) electrons. The first-order valence-electron chi connectivity index (χ1n) is 6.54. The van der Waals surface area contributed by atoms with Crippen LogP contribution < -0.4 is 0 Å². The third kappa shape index (κ3) is 3.30. The first-order valence-corrected chi connectivity index (χ1v) is 9.13. The molecule has 21 heavy (non-hydrogen) atoms. The minimum Gasteiger partial charge on any atom is -0.186 e. The van der Waals surface area contributed by atoms with Crippen LogP contribution in [0, 0.1) is 0 Å². The molecule has 3 aromatic rings. The molecule has 4 nitrogen and oxygen atoms in total. The lowest BCUT2D eigenvalue weighted by Crippen LogP contribution is -2.08. The largest absolute Gasteiger partial charge is 0.235 e. The van der Waals surface area contributed by atoms with Crippen LogP contribution in [0.4, 0.5) is 0 Å². The first kappa shape index (κ1) is 15.0. The summed E-state index contributed by atoms with van der Waals surface area (Å²) >= 11 is 6.98. The van der Waals surface area contributed by atoms with Gasteiger partial charge in [-0.25, -0.2) is 0 Å². The van der Waals surface area contributed by atoms with E-state index in [1.807, 2.05) is 34.5 Å². The summed E-state index contributed by atoms with van der Waals surface area (Å²) in [4.78, 5) is 0.838. The Labute approximate surface area is 140 Å². The minimum atomic E-state index is 0.202. The molecular weight excluding hydrogens is 368 g/mol. The summed E-state index contributed by atoms with van der Waals surface area (Å²) < 4.78 is 3.10. The fourth-order valence-electron chi connectivity index (χ4n) is 1.77. The predicted molar refractivity (Wildman–Crippen MR) is 92.8 cm³/mol. The van der Waals surface area contributed by atoms with Gasteiger partial charge < -0.3 is 0 Å². The molecule has 0 atom stereocenters. The molecule has 0 saturated heterocycles. The van der Waals surface area contributed by atoms with Crippen LogP contribution in [0.1, 0.15) is 26.6 Å². The Morgan fingerprint density at radius 1 is 1.24 bits per heavy atom. The van der Waals surface area contributed by atoms with Crippen molar-refractivity contribution in [3.63, 3.8) is 0 Å². The fraction of sp³-hybridized carbons (Fsp3) is 0.357. The normalized spacial score (nSPS) is 12.2. The molecule has 0 aliphatic heterocycles. The van der Waals surface area contributed by atoms with E-state index in [4.69, 9.17) is 0 Å². The number of halogens is 1. The standard InChI is InChI=1S/C14H15BrN4S2/c1-14(2,3)20-8-11-16-17-13-19(11)18-12(21-13)9-6-4-5-7-10(9)15/h4-7H,8H2,1-3H3. The second-order valence-electron chi connectivity index (χ2n) is 5.60. The number of benzene rings is 1. The van der Waals surface area contributed by atoms with E-state index in [1.54, 1.807) is 11.3 Å². The maximum atomic E-state index is 4.67. The molecule has 0 aliphatic rings. The maximum Gasteiger partial charge on any atom is 0.235 e. The molecule has 110 valence electrons. The van der Waals surface area contributed by atoms with Crippen LogP contribution in [0.3, 0.4) is 0 Å². The van der Waals surface area contributed by atoms with E-state index in [1.165, 1.54) is 0 Å². The SMILES string of the molecule is CC(C)(C)SCc1nnc2sc(-c3ccccc3Br)nn12. The van der Waals surface area contributed by atoms with Gasteiger partial charge in [0, 0.05) is 14.8 Å². The Morgan fingerprint density at radius 2 is 2.00 bits per heavy atom. The number of hydrogen-bond donors (Lipinski definition) is 0. The second kappa shape index (κ2) is 5.70. The van der Waals surface area contributed by atoms with Gasteiger partial charge in [-0.3, -0.25) is 0 Å². The molecule has 0 N–H and O–H groups in total. The Bertz CT molecular complexity index is 773. The van der Waals surface area contributed by atoms with Gasteiger partial charge >= 0.3 is 0 Å². The van der Waals surface area contributed by atoms with Gasteiger partial charge in [-0.1, -0.05) is 66.2 Å². The van der Waals surface area contributed by atoms with Crippen LogP contribution >= 0.6 is 39.0 Å². The lowest BCUT2D eigenvalue weighted by molar-refractivity contribution is 0.796. The van der Waals surface area contributed by atoms with E-state index in [-0.39, 0.29) is 4.75 Å². The lowest BCUT2D eigenvalue weighted by Gasteiger charge is -2.16. The molecular formula is C14H15BrN4S2. The van der Waals surface area contributed by atoms with Crippen LogP contribution in [0.2, 0.25) is 0 Å². The van der Waals surface area contributed by atoms with Crippen molar-refractivity contribution >= 4 is 44.0 Å². The number of aromatic nitrogens is 4. The van der Waals surface area contributed by atoms with E-state index < -0.39 is 0 Å². The van der Waals surface area contributed by atoms with Gasteiger partial charge in [0.25, 0.3) is 0 Å². The molecule has 2 heterocycles. The van der Waals surface area contributed by atoms with Crippen molar-refractivity contribution in [2.75, 3.05) is 0 Å². The van der Waals surface area contributed by atoms with Gasteiger partial charge in [0.15, 0.2) is 5.82 Å². The zero-order valence-electron chi connectivity index (χ0n) is 12.0. The Kier molecular flexibility index (Phi) is 4.07. The van der Waals surface area contributed by atoms with Crippen LogP contribution in [0.5, 0.6) is 0 Å². The average molecular weight is 383 g/mol. The van der Waals surface area contributed by atoms with E-state index >= 15 is 0 Å². The van der Waals surface area contributed by atoms with Gasteiger partial charge in [0.2, 0.25) is 4.96 Å². The van der Waals surface area contributed by atoms with Crippen molar-refractivity contribution in [3.05, 3.63) is 34.6 Å². The van der Waals surface area contributed by atoms with Gasteiger partial charge in [0.05, 0.1) is 5.75 Å². The molecule has 0 amide bonds. The third-order valence-electron chi connectivity index (χ3n) is 2.79. The smallest absolute Gasteiger partial charge is 0.186 e. The van der Waals surface area contributed by atoms with Gasteiger partial charge in [-0.05, 0) is 6.07 Å². The summed E-state index contributed by atoms with van der Waals surface area (Å²) in [5, 5.41) is 14.1. The highest BCUT2D eigenvalue weighted by atomic mass is 79.9. The predicted octanol–water partition coefficient (Wildman–Crippen LogP) is 4.65. The summed E-state index contributed by atoms with van der Waals surface area (Å²) in [6.07, 6.45) is 0. The zero-order valence-corrected chi connectivity index (χ0v) is 15.2. The average Bonchev–Trinajstić information content (AvgIpc) is 2.96. The Balaban J connectivity index is 1.95. The van der Waals surface area contributed by atoms with E-state index in [0.29, 0.717) is 0 Å². The van der Waals surface area contributed by atoms with Crippen LogP contribution in [0.15, 0.2) is 28.7 Å². The van der Waals surface area contributed by atoms with E-state index in [9.17, 15) is 0 Å². The quantitative estimate of drug-likeness (QED) is 0.661. The van der Waals surface area contributed by atoms with Gasteiger partial charge in [-0.15, -0.1) is 22.0 Å². The highest BCUT2D eigenvalue weighted by molar-refractivity contribution is 9.10. The monoisotopic (exact) mass is 382 g/mol. The number of hydrogen-bond acceptors (Lipinski definition) is 5. The molecule has 0 saturated carbocycles. The highest BCUT2D eigenvalue weighted by Gasteiger charge is 2.17. The van der Waals surface area contributed by atoms with Crippen LogP contribution in [-0.4, -0.2) is 24.6 Å². The number of rotatable bonds is 3. The number of fused-ring (bicyclic) bond motifs is 1. The van der Waals surface area contributed by atoms with Gasteiger partial charge in [0.1, 0.15) is 5.01 Å². The topological polar surface area (TPSA) is 43.1 Å². The van der Waals surface area contributed by atoms with Crippen molar-refractivity contribution in [1.82, 2.24) is 19.8 Å². The highest BCUT2D eigenvalue weighted by Crippen LogP contribution is 2.32. The molecule has 7 heteroatoms. The Hall–Kier alpha value is -0.920. The maximum absolute atomic E-state index is 4.67. The fourth-order valence-corrected chi connectivity index (χ4v) is 4.02. The summed E-state index contributed by atoms with van der Waals surface area (Å²) in [5.74, 6) is 1.71. The number of nitrogens with zero attached hydrogens (tertiary/aromatic N) is 4. The van der Waals surface area contributed by atoms with Crippen LogP contribution in [-0.2, 0) is 5.75 Å². The van der Waals surface area contributed by atoms with Crippen molar-refractivity contribution in [3.8, 4) is 10.6 Å². The van der Waals surface area contributed by atoms with Crippen molar-refractivity contribution in [2.45, 2.75) is 31.3 Å². The van der Waals surface area contributed by atoms with Crippen molar-refractivity contribution in [1.29, 1.82) is 0 Å². The molecule has 2 aromatic heterocycles. The van der Waals surface area contributed by atoms with Crippen molar-refractivity contribution < 1.29 is 0 Å². The second-order valence-corrected chi connectivity index (χ2v) is 9.21. The minimum absolute atomic E-state index is 0.202. The summed E-state index contributed by atoms with van der Waals surface area (Å²) in [7, 11) is 0.